The zero-order valence-electron chi connectivity index (χ0n) is 9.67. The molecule has 0 saturated carbocycles. The summed E-state index contributed by atoms with van der Waals surface area (Å²) in [6.07, 6.45) is 4.70. The molecule has 0 bridgehead atoms. The Morgan fingerprint density at radius 2 is 2.24 bits per heavy atom. The zero-order chi connectivity index (χ0) is 12.3. The van der Waals surface area contributed by atoms with Crippen LogP contribution in [0.1, 0.15) is 18.4 Å². The number of hydrogen-bond donors (Lipinski definition) is 0. The lowest BCUT2D eigenvalue weighted by Gasteiger charge is -2.13. The van der Waals surface area contributed by atoms with E-state index >= 15 is 0 Å². The van der Waals surface area contributed by atoms with Crippen molar-refractivity contribution in [3.63, 3.8) is 0 Å². The van der Waals surface area contributed by atoms with Gasteiger partial charge in [-0.3, -0.25) is 0 Å². The number of allylic oxidation sites excluding steroid dienone is 3. The molecular formula is C14H14ClFO. The van der Waals surface area contributed by atoms with Crippen molar-refractivity contribution in [1.29, 1.82) is 0 Å². The highest BCUT2D eigenvalue weighted by molar-refractivity contribution is 6.32. The van der Waals surface area contributed by atoms with E-state index in [9.17, 15) is 4.39 Å². The molecule has 0 fully saturated rings. The summed E-state index contributed by atoms with van der Waals surface area (Å²) in [4.78, 5) is 0. The standard InChI is InChI=1S/C14H14ClFO/c1-10-5-6-14(13(15)7-10)17-9-11-3-2-4-12(16)8-11/h4-8H,2-3,9H2,1H3. The van der Waals surface area contributed by atoms with Crippen molar-refractivity contribution < 1.29 is 9.13 Å². The highest BCUT2D eigenvalue weighted by Gasteiger charge is 2.07. The van der Waals surface area contributed by atoms with Gasteiger partial charge in [0, 0.05) is 0 Å². The van der Waals surface area contributed by atoms with Gasteiger partial charge >= 0.3 is 0 Å². The Balaban J connectivity index is 2.00. The quantitative estimate of drug-likeness (QED) is 0.764. The minimum absolute atomic E-state index is 0.176. The molecule has 0 saturated heterocycles. The second-order valence-electron chi connectivity index (χ2n) is 4.15. The molecule has 0 amide bonds. The molecule has 17 heavy (non-hydrogen) atoms. The molecule has 0 heterocycles. The Labute approximate surface area is 106 Å². The van der Waals surface area contributed by atoms with Gasteiger partial charge in [0.15, 0.2) is 0 Å². The summed E-state index contributed by atoms with van der Waals surface area (Å²) < 4.78 is 18.6. The maximum atomic E-state index is 13.0. The van der Waals surface area contributed by atoms with Crippen LogP contribution in [-0.2, 0) is 0 Å². The summed E-state index contributed by atoms with van der Waals surface area (Å²) in [6.45, 7) is 2.36. The Bertz CT molecular complexity index is 477. The van der Waals surface area contributed by atoms with E-state index in [2.05, 4.69) is 0 Å². The smallest absolute Gasteiger partial charge is 0.138 e. The summed E-state index contributed by atoms with van der Waals surface area (Å²) in [7, 11) is 0. The SMILES string of the molecule is Cc1ccc(OCC2=CC(F)=CCC2)c(Cl)c1. The summed E-state index contributed by atoms with van der Waals surface area (Å²) in [5.41, 5.74) is 2.05. The first kappa shape index (κ1) is 12.2. The second-order valence-corrected chi connectivity index (χ2v) is 4.56. The molecule has 1 nitrogen and oxygen atoms in total. The normalized spacial score (nSPS) is 15.2. The first-order valence-electron chi connectivity index (χ1n) is 5.59. The van der Waals surface area contributed by atoms with Gasteiger partial charge in [-0.05, 0) is 55.2 Å². The average Bonchev–Trinajstić information content (AvgIpc) is 2.28. The fourth-order valence-corrected chi connectivity index (χ4v) is 2.02. The van der Waals surface area contributed by atoms with Crippen LogP contribution in [0.5, 0.6) is 5.75 Å². The van der Waals surface area contributed by atoms with Gasteiger partial charge in [0.1, 0.15) is 18.2 Å². The summed E-state index contributed by atoms with van der Waals surface area (Å²) in [5.74, 6) is 0.470. The van der Waals surface area contributed by atoms with Gasteiger partial charge in [0.2, 0.25) is 0 Å². The predicted molar refractivity (Wildman–Crippen MR) is 68.2 cm³/mol. The lowest BCUT2D eigenvalue weighted by atomic mass is 10.1. The predicted octanol–water partition coefficient (Wildman–Crippen LogP) is 4.60. The number of ether oxygens (including phenoxy) is 1. The number of rotatable bonds is 3. The van der Waals surface area contributed by atoms with E-state index in [1.165, 1.54) is 6.08 Å². The number of halogens is 2. The van der Waals surface area contributed by atoms with E-state index < -0.39 is 0 Å². The van der Waals surface area contributed by atoms with Gasteiger partial charge < -0.3 is 4.74 Å². The van der Waals surface area contributed by atoms with Gasteiger partial charge in [-0.1, -0.05) is 17.7 Å². The van der Waals surface area contributed by atoms with Crippen molar-refractivity contribution in [3.05, 3.63) is 52.3 Å². The molecule has 1 aliphatic rings. The number of benzene rings is 1. The summed E-state index contributed by atoms with van der Waals surface area (Å²) in [6, 6.07) is 5.64. The van der Waals surface area contributed by atoms with Crippen LogP contribution in [0.4, 0.5) is 4.39 Å². The lowest BCUT2D eigenvalue weighted by Crippen LogP contribution is -2.04. The Hall–Kier alpha value is -1.28. The van der Waals surface area contributed by atoms with Crippen molar-refractivity contribution in [2.45, 2.75) is 19.8 Å². The zero-order valence-corrected chi connectivity index (χ0v) is 10.4. The van der Waals surface area contributed by atoms with Crippen molar-refractivity contribution in [2.75, 3.05) is 6.61 Å². The maximum Gasteiger partial charge on any atom is 0.138 e. The second kappa shape index (κ2) is 5.37. The van der Waals surface area contributed by atoms with Crippen LogP contribution in [0.2, 0.25) is 5.02 Å². The Morgan fingerprint density at radius 3 is 2.94 bits per heavy atom. The van der Waals surface area contributed by atoms with Gasteiger partial charge in [-0.2, -0.15) is 0 Å². The lowest BCUT2D eigenvalue weighted by molar-refractivity contribution is 0.346. The van der Waals surface area contributed by atoms with E-state index in [1.807, 2.05) is 25.1 Å². The molecular weight excluding hydrogens is 239 g/mol. The van der Waals surface area contributed by atoms with Gasteiger partial charge in [-0.15, -0.1) is 0 Å². The Kier molecular flexibility index (Phi) is 3.85. The highest BCUT2D eigenvalue weighted by Crippen LogP contribution is 2.26. The van der Waals surface area contributed by atoms with Crippen LogP contribution in [-0.4, -0.2) is 6.61 Å². The van der Waals surface area contributed by atoms with Gasteiger partial charge in [0.05, 0.1) is 5.02 Å². The number of hydrogen-bond acceptors (Lipinski definition) is 1. The van der Waals surface area contributed by atoms with E-state index in [-0.39, 0.29) is 5.83 Å². The molecule has 0 unspecified atom stereocenters. The minimum atomic E-state index is -0.176. The van der Waals surface area contributed by atoms with Crippen molar-refractivity contribution in [2.24, 2.45) is 0 Å². The van der Waals surface area contributed by atoms with Crippen molar-refractivity contribution in [1.82, 2.24) is 0 Å². The van der Waals surface area contributed by atoms with Crippen molar-refractivity contribution in [3.8, 4) is 5.75 Å². The third-order valence-electron chi connectivity index (χ3n) is 2.65. The minimum Gasteiger partial charge on any atom is -0.488 e. The van der Waals surface area contributed by atoms with Gasteiger partial charge in [0.25, 0.3) is 0 Å². The topological polar surface area (TPSA) is 9.23 Å². The summed E-state index contributed by atoms with van der Waals surface area (Å²) >= 11 is 6.05. The summed E-state index contributed by atoms with van der Waals surface area (Å²) in [5, 5.41) is 0.595. The van der Waals surface area contributed by atoms with Crippen LogP contribution < -0.4 is 4.74 Å². The van der Waals surface area contributed by atoms with Gasteiger partial charge in [-0.25, -0.2) is 4.39 Å². The maximum absolute atomic E-state index is 13.0. The Morgan fingerprint density at radius 1 is 1.41 bits per heavy atom. The molecule has 2 rings (SSSR count). The van der Waals surface area contributed by atoms with E-state index in [0.29, 0.717) is 17.4 Å². The molecule has 0 radical (unpaired) electrons. The molecule has 0 atom stereocenters. The monoisotopic (exact) mass is 252 g/mol. The molecule has 0 N–H and O–H groups in total. The first-order valence-corrected chi connectivity index (χ1v) is 5.97. The van der Waals surface area contributed by atoms with E-state index in [0.717, 1.165) is 24.0 Å². The molecule has 1 aromatic rings. The van der Waals surface area contributed by atoms with Crippen LogP contribution in [0, 0.1) is 6.92 Å². The molecule has 1 aromatic carbocycles. The average molecular weight is 253 g/mol. The molecule has 0 aliphatic heterocycles. The van der Waals surface area contributed by atoms with Crippen molar-refractivity contribution >= 4 is 11.6 Å². The van der Waals surface area contributed by atoms with Crippen LogP contribution in [0.15, 0.2) is 41.8 Å². The van der Waals surface area contributed by atoms with E-state index in [4.69, 9.17) is 16.3 Å². The van der Waals surface area contributed by atoms with E-state index in [1.54, 1.807) is 6.08 Å². The van der Waals surface area contributed by atoms with Crippen LogP contribution in [0.25, 0.3) is 0 Å². The molecule has 90 valence electrons. The highest BCUT2D eigenvalue weighted by atomic mass is 35.5. The fraction of sp³-hybridized carbons (Fsp3) is 0.286. The molecule has 3 heteroatoms. The fourth-order valence-electron chi connectivity index (χ4n) is 1.73. The molecule has 1 aliphatic carbocycles. The molecule has 0 spiro atoms. The number of aryl methyl sites for hydroxylation is 1. The third-order valence-corrected chi connectivity index (χ3v) is 2.94. The largest absolute Gasteiger partial charge is 0.488 e. The van der Waals surface area contributed by atoms with Crippen LogP contribution in [0.3, 0.4) is 0 Å². The van der Waals surface area contributed by atoms with Crippen LogP contribution >= 0.6 is 11.6 Å². The third kappa shape index (κ3) is 3.34. The molecule has 0 aromatic heterocycles. The first-order chi connectivity index (χ1) is 8.15.